The van der Waals surface area contributed by atoms with Crippen LogP contribution in [0.4, 0.5) is 0 Å². The first-order chi connectivity index (χ1) is 20.1. The molecule has 0 bridgehead atoms. The number of unbranched alkanes of at least 4 members (excludes halogenated alkanes) is 23. The van der Waals surface area contributed by atoms with Crippen LogP contribution < -0.4 is 0 Å². The first-order valence-electron chi connectivity index (χ1n) is 18.4. The molecule has 0 fully saturated rings. The molecule has 6 heteroatoms. The average Bonchev–Trinajstić information content (AvgIpc) is 2.96. The van der Waals surface area contributed by atoms with Crippen molar-refractivity contribution in [1.82, 2.24) is 4.90 Å². The summed E-state index contributed by atoms with van der Waals surface area (Å²) in [5, 5.41) is 0. The molecular formula is C35H74NO4P. The maximum atomic E-state index is 12.0. The molecule has 0 aromatic heterocycles. The van der Waals surface area contributed by atoms with Crippen LogP contribution in [0.5, 0.6) is 0 Å². The number of rotatable bonds is 35. The van der Waals surface area contributed by atoms with Crippen molar-refractivity contribution in [3.63, 3.8) is 0 Å². The number of nitrogens with zero attached hydrogens (tertiary/aromatic N) is 1. The van der Waals surface area contributed by atoms with E-state index in [0.717, 1.165) is 25.7 Å². The Kier molecular flexibility index (Phi) is 33.0. The molecule has 0 amide bonds. The summed E-state index contributed by atoms with van der Waals surface area (Å²) >= 11 is 0. The Hall–Kier alpha value is 0.0700. The van der Waals surface area contributed by atoms with Crippen molar-refractivity contribution in [3.05, 3.63) is 0 Å². The molecule has 0 aliphatic rings. The Balaban J connectivity index is 3.95. The minimum atomic E-state index is -3.88. The highest BCUT2D eigenvalue weighted by Crippen LogP contribution is 2.43. The van der Waals surface area contributed by atoms with Crippen molar-refractivity contribution in [3.8, 4) is 0 Å². The zero-order valence-electron chi connectivity index (χ0n) is 28.2. The lowest BCUT2D eigenvalue weighted by atomic mass is 10.1. The van der Waals surface area contributed by atoms with Gasteiger partial charge in [-0.3, -0.25) is 9.05 Å². The Morgan fingerprint density at radius 2 is 0.659 bits per heavy atom. The van der Waals surface area contributed by atoms with Crippen LogP contribution in [0.2, 0.25) is 0 Å². The molecule has 0 saturated heterocycles. The van der Waals surface area contributed by atoms with Crippen molar-refractivity contribution in [1.29, 1.82) is 0 Å². The maximum Gasteiger partial charge on any atom is 0.472 e. The molecule has 1 atom stereocenters. The van der Waals surface area contributed by atoms with Crippen LogP contribution in [-0.2, 0) is 13.6 Å². The second kappa shape index (κ2) is 33.0. The summed E-state index contributed by atoms with van der Waals surface area (Å²) in [5.41, 5.74) is 0. The van der Waals surface area contributed by atoms with Crippen LogP contribution in [-0.4, -0.2) is 42.6 Å². The molecule has 0 aromatic carbocycles. The minimum absolute atomic E-state index is 0.313. The van der Waals surface area contributed by atoms with Gasteiger partial charge in [0.2, 0.25) is 0 Å². The Labute approximate surface area is 257 Å². The average molecular weight is 604 g/mol. The van der Waals surface area contributed by atoms with Gasteiger partial charge in [-0.15, -0.1) is 0 Å². The van der Waals surface area contributed by atoms with E-state index >= 15 is 0 Å². The molecule has 0 saturated carbocycles. The number of hydrogen-bond donors (Lipinski definition) is 1. The molecular weight excluding hydrogens is 529 g/mol. The normalized spacial score (nSPS) is 13.3. The van der Waals surface area contributed by atoms with Gasteiger partial charge in [-0.1, -0.05) is 162 Å². The summed E-state index contributed by atoms with van der Waals surface area (Å²) in [6.45, 7) is 11.2. The van der Waals surface area contributed by atoms with Crippen LogP contribution in [0.25, 0.3) is 0 Å². The van der Waals surface area contributed by atoms with E-state index in [1.807, 2.05) is 0 Å². The predicted molar refractivity (Wildman–Crippen MR) is 180 cm³/mol. The minimum Gasteiger partial charge on any atom is -0.303 e. The third-order valence-electron chi connectivity index (χ3n) is 8.28. The van der Waals surface area contributed by atoms with Gasteiger partial charge in [-0.05, 0) is 51.7 Å². The topological polar surface area (TPSA) is 59.0 Å². The first-order valence-corrected chi connectivity index (χ1v) is 19.9. The Morgan fingerprint density at radius 1 is 0.415 bits per heavy atom. The van der Waals surface area contributed by atoms with Gasteiger partial charge in [-0.2, -0.15) is 0 Å². The molecule has 0 aliphatic heterocycles. The van der Waals surface area contributed by atoms with Crippen LogP contribution >= 0.6 is 7.82 Å². The lowest BCUT2D eigenvalue weighted by Gasteiger charge is -2.22. The fraction of sp³-hybridized carbons (Fsp3) is 1.00. The molecule has 0 rings (SSSR count). The molecule has 1 N–H and O–H groups in total. The number of phosphoric ester groups is 1. The van der Waals surface area contributed by atoms with Crippen molar-refractivity contribution in [2.75, 3.05) is 32.8 Å². The van der Waals surface area contributed by atoms with E-state index in [2.05, 4.69) is 25.7 Å². The number of hydrogen-bond acceptors (Lipinski definition) is 4. The van der Waals surface area contributed by atoms with Crippen molar-refractivity contribution < 1.29 is 18.5 Å². The molecule has 0 aromatic rings. The zero-order chi connectivity index (χ0) is 30.1. The van der Waals surface area contributed by atoms with Gasteiger partial charge in [0.1, 0.15) is 0 Å². The summed E-state index contributed by atoms with van der Waals surface area (Å²) in [7, 11) is -3.88. The standard InChI is InChI=1S/C35H74NO4P/c1-4-7-10-13-16-18-21-26-31-36(32-27-22-19-17-14-11-8-5-2)33-28-23-20-25-30-35-40-41(37,38)39-34-29-24-15-12-9-6-3/h4-35H2,1-3H3,(H,37,38). The van der Waals surface area contributed by atoms with E-state index in [-0.39, 0.29) is 0 Å². The Bertz CT molecular complexity index is 528. The molecule has 0 heterocycles. The van der Waals surface area contributed by atoms with Gasteiger partial charge in [0, 0.05) is 0 Å². The van der Waals surface area contributed by atoms with Crippen LogP contribution in [0, 0.1) is 0 Å². The fourth-order valence-electron chi connectivity index (χ4n) is 5.52. The quantitative estimate of drug-likeness (QED) is 0.0577. The van der Waals surface area contributed by atoms with Gasteiger partial charge in [0.25, 0.3) is 0 Å². The van der Waals surface area contributed by atoms with E-state index in [0.29, 0.717) is 13.2 Å². The summed E-state index contributed by atoms with van der Waals surface area (Å²) < 4.78 is 22.3. The number of phosphoric acid groups is 1. The third kappa shape index (κ3) is 32.8. The summed E-state index contributed by atoms with van der Waals surface area (Å²) in [6.07, 6.45) is 34.6. The van der Waals surface area contributed by atoms with E-state index in [9.17, 15) is 9.46 Å². The second-order valence-electron chi connectivity index (χ2n) is 12.5. The van der Waals surface area contributed by atoms with E-state index in [1.165, 1.54) is 167 Å². The molecule has 248 valence electrons. The van der Waals surface area contributed by atoms with Crippen molar-refractivity contribution >= 4 is 7.82 Å². The predicted octanol–water partition coefficient (Wildman–Crippen LogP) is 12.0. The fourth-order valence-corrected chi connectivity index (χ4v) is 6.32. The molecule has 0 aliphatic carbocycles. The smallest absolute Gasteiger partial charge is 0.303 e. The molecule has 41 heavy (non-hydrogen) atoms. The van der Waals surface area contributed by atoms with Crippen LogP contribution in [0.15, 0.2) is 0 Å². The second-order valence-corrected chi connectivity index (χ2v) is 13.9. The summed E-state index contributed by atoms with van der Waals surface area (Å²) in [4.78, 5) is 12.6. The zero-order valence-corrected chi connectivity index (χ0v) is 29.1. The molecule has 5 nitrogen and oxygen atoms in total. The van der Waals surface area contributed by atoms with Gasteiger partial charge in [0.15, 0.2) is 0 Å². The van der Waals surface area contributed by atoms with Gasteiger partial charge in [0.05, 0.1) is 13.2 Å². The maximum absolute atomic E-state index is 12.0. The molecule has 0 spiro atoms. The van der Waals surface area contributed by atoms with Gasteiger partial charge < -0.3 is 9.79 Å². The molecule has 1 unspecified atom stereocenters. The molecule has 0 radical (unpaired) electrons. The summed E-state index contributed by atoms with van der Waals surface area (Å²) in [5.74, 6) is 0. The monoisotopic (exact) mass is 604 g/mol. The highest BCUT2D eigenvalue weighted by atomic mass is 31.2. The van der Waals surface area contributed by atoms with Crippen molar-refractivity contribution in [2.24, 2.45) is 0 Å². The SMILES string of the molecule is CCCCCCCCCCN(CCCCCCCCCC)CCCCCCCOP(=O)(O)OCCCCCCCC. The van der Waals surface area contributed by atoms with Gasteiger partial charge >= 0.3 is 7.82 Å². The Morgan fingerprint density at radius 3 is 0.951 bits per heavy atom. The van der Waals surface area contributed by atoms with Crippen LogP contribution in [0.1, 0.15) is 194 Å². The van der Waals surface area contributed by atoms with Gasteiger partial charge in [-0.25, -0.2) is 4.57 Å². The van der Waals surface area contributed by atoms with Crippen LogP contribution in [0.3, 0.4) is 0 Å². The largest absolute Gasteiger partial charge is 0.472 e. The van der Waals surface area contributed by atoms with E-state index in [4.69, 9.17) is 9.05 Å². The summed E-state index contributed by atoms with van der Waals surface area (Å²) in [6, 6.07) is 0. The van der Waals surface area contributed by atoms with E-state index in [1.54, 1.807) is 0 Å². The lowest BCUT2D eigenvalue weighted by molar-refractivity contribution is 0.145. The highest BCUT2D eigenvalue weighted by Gasteiger charge is 2.19. The first kappa shape index (κ1) is 41.1. The van der Waals surface area contributed by atoms with Crippen molar-refractivity contribution in [2.45, 2.75) is 194 Å². The lowest BCUT2D eigenvalue weighted by Crippen LogP contribution is -2.27. The van der Waals surface area contributed by atoms with E-state index < -0.39 is 7.82 Å². The third-order valence-corrected chi connectivity index (χ3v) is 9.30. The highest BCUT2D eigenvalue weighted by molar-refractivity contribution is 7.47.